The second-order valence-electron chi connectivity index (χ2n) is 8.06. The summed E-state index contributed by atoms with van der Waals surface area (Å²) >= 11 is 0. The fraction of sp³-hybridized carbons (Fsp3) is 0.417. The molecule has 1 heterocycles. The van der Waals surface area contributed by atoms with E-state index in [2.05, 4.69) is 41.9 Å². The lowest BCUT2D eigenvalue weighted by Crippen LogP contribution is -2.27. The van der Waals surface area contributed by atoms with Gasteiger partial charge in [-0.3, -0.25) is 4.79 Å². The van der Waals surface area contributed by atoms with Crippen LogP contribution in [0.2, 0.25) is 0 Å². The number of hydrogen-bond donors (Lipinski definition) is 1. The molecule has 0 saturated heterocycles. The van der Waals surface area contributed by atoms with Crippen LogP contribution in [-0.4, -0.2) is 28.6 Å². The largest absolute Gasteiger partial charge is 0.492 e. The van der Waals surface area contributed by atoms with Gasteiger partial charge in [0.05, 0.1) is 17.6 Å². The minimum atomic E-state index is 0.181. The van der Waals surface area contributed by atoms with Crippen molar-refractivity contribution in [1.82, 2.24) is 14.9 Å². The smallest absolute Gasteiger partial charge is 0.223 e. The van der Waals surface area contributed by atoms with Crippen molar-refractivity contribution in [3.63, 3.8) is 0 Å². The van der Waals surface area contributed by atoms with Gasteiger partial charge in [0.1, 0.15) is 18.2 Å². The zero-order valence-electron chi connectivity index (χ0n) is 17.2. The SMILES string of the molecule is CC(C)c1ccc(OCCn2c(CCNC(=O)C3CC3)nc3ccccc32)cc1. The van der Waals surface area contributed by atoms with Crippen molar-refractivity contribution in [2.75, 3.05) is 13.2 Å². The third kappa shape index (κ3) is 4.78. The van der Waals surface area contributed by atoms with Crippen molar-refractivity contribution in [3.8, 4) is 5.75 Å². The Labute approximate surface area is 172 Å². The molecule has 0 unspecified atom stereocenters. The molecule has 1 saturated carbocycles. The van der Waals surface area contributed by atoms with Gasteiger partial charge in [0.15, 0.2) is 0 Å². The van der Waals surface area contributed by atoms with E-state index in [0.29, 0.717) is 19.1 Å². The summed E-state index contributed by atoms with van der Waals surface area (Å²) in [5, 5.41) is 3.04. The standard InChI is InChI=1S/C24H29N3O2/c1-17(2)18-9-11-20(12-10-18)29-16-15-27-22-6-4-3-5-21(22)26-23(27)13-14-25-24(28)19-7-8-19/h3-6,9-12,17,19H,7-8,13-16H2,1-2H3,(H,25,28). The number of amides is 1. The molecule has 3 aromatic rings. The Kier molecular flexibility index (Phi) is 5.84. The molecule has 1 fully saturated rings. The molecule has 4 rings (SSSR count). The summed E-state index contributed by atoms with van der Waals surface area (Å²) < 4.78 is 8.19. The Balaban J connectivity index is 1.40. The molecule has 5 nitrogen and oxygen atoms in total. The van der Waals surface area contributed by atoms with Gasteiger partial charge in [-0.25, -0.2) is 4.98 Å². The summed E-state index contributed by atoms with van der Waals surface area (Å²) in [5.74, 6) is 2.81. The fourth-order valence-corrected chi connectivity index (χ4v) is 3.56. The Hall–Kier alpha value is -2.82. The average molecular weight is 392 g/mol. The van der Waals surface area contributed by atoms with Gasteiger partial charge in [0, 0.05) is 18.9 Å². The summed E-state index contributed by atoms with van der Waals surface area (Å²) in [6.07, 6.45) is 2.77. The van der Waals surface area contributed by atoms with Crippen LogP contribution < -0.4 is 10.1 Å². The summed E-state index contributed by atoms with van der Waals surface area (Å²) in [7, 11) is 0. The molecule has 0 bridgehead atoms. The van der Waals surface area contributed by atoms with E-state index >= 15 is 0 Å². The number of rotatable bonds is 9. The van der Waals surface area contributed by atoms with Crippen molar-refractivity contribution in [2.45, 2.75) is 45.6 Å². The molecule has 152 valence electrons. The van der Waals surface area contributed by atoms with Crippen LogP contribution in [0.1, 0.15) is 44.0 Å². The van der Waals surface area contributed by atoms with Crippen LogP contribution in [0.3, 0.4) is 0 Å². The Morgan fingerprint density at radius 1 is 1.17 bits per heavy atom. The number of imidazole rings is 1. The molecular weight excluding hydrogens is 362 g/mol. The van der Waals surface area contributed by atoms with Gasteiger partial charge in [-0.2, -0.15) is 0 Å². The van der Waals surface area contributed by atoms with Crippen LogP contribution in [0, 0.1) is 5.92 Å². The number of hydrogen-bond acceptors (Lipinski definition) is 3. The van der Waals surface area contributed by atoms with Crippen molar-refractivity contribution in [1.29, 1.82) is 0 Å². The number of carbonyl (C=O) groups is 1. The van der Waals surface area contributed by atoms with Crippen LogP contribution in [-0.2, 0) is 17.8 Å². The molecule has 1 aliphatic carbocycles. The van der Waals surface area contributed by atoms with Crippen LogP contribution in [0.5, 0.6) is 5.75 Å². The first kappa shape index (κ1) is 19.5. The fourth-order valence-electron chi connectivity index (χ4n) is 3.56. The van der Waals surface area contributed by atoms with Crippen LogP contribution in [0.25, 0.3) is 11.0 Å². The van der Waals surface area contributed by atoms with Crippen LogP contribution >= 0.6 is 0 Å². The second kappa shape index (κ2) is 8.68. The van der Waals surface area contributed by atoms with E-state index in [9.17, 15) is 4.79 Å². The third-order valence-electron chi connectivity index (χ3n) is 5.46. The van der Waals surface area contributed by atoms with Crippen molar-refractivity contribution in [3.05, 3.63) is 59.9 Å². The summed E-state index contributed by atoms with van der Waals surface area (Å²) in [6.45, 7) is 6.29. The highest BCUT2D eigenvalue weighted by Gasteiger charge is 2.29. The van der Waals surface area contributed by atoms with E-state index in [1.807, 2.05) is 30.3 Å². The number of benzene rings is 2. The van der Waals surface area contributed by atoms with Gasteiger partial charge in [0.2, 0.25) is 5.91 Å². The first-order chi connectivity index (χ1) is 14.1. The molecule has 2 aromatic carbocycles. The average Bonchev–Trinajstić information content (AvgIpc) is 3.52. The van der Waals surface area contributed by atoms with E-state index in [4.69, 9.17) is 9.72 Å². The van der Waals surface area contributed by atoms with Gasteiger partial charge >= 0.3 is 0 Å². The number of carbonyl (C=O) groups excluding carboxylic acids is 1. The van der Waals surface area contributed by atoms with Gasteiger partial charge in [0.25, 0.3) is 0 Å². The molecule has 1 aromatic heterocycles. The van der Waals surface area contributed by atoms with Crippen molar-refractivity contribution >= 4 is 16.9 Å². The number of fused-ring (bicyclic) bond motifs is 1. The predicted octanol–water partition coefficient (Wildman–Crippen LogP) is 4.31. The topological polar surface area (TPSA) is 56.1 Å². The lowest BCUT2D eigenvalue weighted by atomic mass is 10.0. The Morgan fingerprint density at radius 3 is 2.66 bits per heavy atom. The number of nitrogens with one attached hydrogen (secondary N) is 1. The summed E-state index contributed by atoms with van der Waals surface area (Å²) in [4.78, 5) is 16.7. The summed E-state index contributed by atoms with van der Waals surface area (Å²) in [5.41, 5.74) is 3.40. The van der Waals surface area contributed by atoms with Gasteiger partial charge in [-0.1, -0.05) is 38.1 Å². The zero-order chi connectivity index (χ0) is 20.2. The number of aromatic nitrogens is 2. The first-order valence-electron chi connectivity index (χ1n) is 10.6. The third-order valence-corrected chi connectivity index (χ3v) is 5.46. The van der Waals surface area contributed by atoms with E-state index < -0.39 is 0 Å². The predicted molar refractivity (Wildman–Crippen MR) is 115 cm³/mol. The van der Waals surface area contributed by atoms with Gasteiger partial charge in [-0.05, 0) is 48.6 Å². The number of para-hydroxylation sites is 2. The van der Waals surface area contributed by atoms with Crippen molar-refractivity contribution < 1.29 is 9.53 Å². The van der Waals surface area contributed by atoms with Gasteiger partial charge < -0.3 is 14.6 Å². The minimum absolute atomic E-state index is 0.181. The highest BCUT2D eigenvalue weighted by Crippen LogP contribution is 2.28. The minimum Gasteiger partial charge on any atom is -0.492 e. The van der Waals surface area contributed by atoms with E-state index in [0.717, 1.165) is 48.4 Å². The maximum Gasteiger partial charge on any atom is 0.223 e. The van der Waals surface area contributed by atoms with E-state index in [-0.39, 0.29) is 11.8 Å². The molecule has 0 spiro atoms. The molecule has 0 atom stereocenters. The highest BCUT2D eigenvalue weighted by molar-refractivity contribution is 5.80. The van der Waals surface area contributed by atoms with E-state index in [1.165, 1.54) is 5.56 Å². The van der Waals surface area contributed by atoms with Crippen LogP contribution in [0.15, 0.2) is 48.5 Å². The lowest BCUT2D eigenvalue weighted by molar-refractivity contribution is -0.122. The second-order valence-corrected chi connectivity index (χ2v) is 8.06. The zero-order valence-corrected chi connectivity index (χ0v) is 17.2. The summed E-state index contributed by atoms with van der Waals surface area (Å²) in [6, 6.07) is 16.5. The molecule has 1 aliphatic rings. The quantitative estimate of drug-likeness (QED) is 0.591. The molecular formula is C24H29N3O2. The number of nitrogens with zero attached hydrogens (tertiary/aromatic N) is 2. The Morgan fingerprint density at radius 2 is 1.93 bits per heavy atom. The first-order valence-corrected chi connectivity index (χ1v) is 10.6. The number of ether oxygens (including phenoxy) is 1. The molecule has 29 heavy (non-hydrogen) atoms. The molecule has 1 amide bonds. The van der Waals surface area contributed by atoms with Gasteiger partial charge in [-0.15, -0.1) is 0 Å². The molecule has 0 aliphatic heterocycles. The maximum atomic E-state index is 11.9. The van der Waals surface area contributed by atoms with Crippen molar-refractivity contribution in [2.24, 2.45) is 5.92 Å². The van der Waals surface area contributed by atoms with E-state index in [1.54, 1.807) is 0 Å². The Bertz CT molecular complexity index is 971. The normalized spacial score (nSPS) is 13.8. The maximum absolute atomic E-state index is 11.9. The molecule has 5 heteroatoms. The molecule has 0 radical (unpaired) electrons. The highest BCUT2D eigenvalue weighted by atomic mass is 16.5. The molecule has 1 N–H and O–H groups in total. The lowest BCUT2D eigenvalue weighted by Gasteiger charge is -2.12. The monoisotopic (exact) mass is 391 g/mol. The van der Waals surface area contributed by atoms with Crippen LogP contribution in [0.4, 0.5) is 0 Å².